The molecule has 2 heterocycles. The van der Waals surface area contributed by atoms with Gasteiger partial charge in [0.05, 0.1) is 32.4 Å². The third kappa shape index (κ3) is 3.30. The fourth-order valence-electron chi connectivity index (χ4n) is 3.31. The maximum atomic E-state index is 12.8. The Kier molecular flexibility index (Phi) is 5.51. The highest BCUT2D eigenvalue weighted by Crippen LogP contribution is 2.45. The normalized spacial score (nSPS) is 16.8. The summed E-state index contributed by atoms with van der Waals surface area (Å²) < 4.78 is 10.9. The van der Waals surface area contributed by atoms with Crippen molar-refractivity contribution in [2.75, 3.05) is 14.2 Å². The van der Waals surface area contributed by atoms with Crippen molar-refractivity contribution in [3.05, 3.63) is 57.5 Å². The van der Waals surface area contributed by atoms with Crippen LogP contribution in [-0.2, 0) is 16.1 Å². The molecule has 7 heteroatoms. The lowest BCUT2D eigenvalue weighted by molar-refractivity contribution is -0.130. The van der Waals surface area contributed by atoms with Gasteiger partial charge in [-0.15, -0.1) is 11.3 Å². The van der Waals surface area contributed by atoms with E-state index in [0.29, 0.717) is 17.1 Å². The van der Waals surface area contributed by atoms with E-state index < -0.39 is 17.7 Å². The van der Waals surface area contributed by atoms with Crippen LogP contribution < -0.4 is 9.47 Å². The lowest BCUT2D eigenvalue weighted by Gasteiger charge is -2.28. The molecule has 0 saturated carbocycles. The summed E-state index contributed by atoms with van der Waals surface area (Å²) in [4.78, 5) is 27.8. The van der Waals surface area contributed by atoms with E-state index in [1.807, 2.05) is 17.5 Å². The van der Waals surface area contributed by atoms with E-state index in [1.54, 1.807) is 25.1 Å². The standard InChI is InChI=1S/C20H21NO5S/c1-4-14(22)16-17(13-8-5-9-15(25-2)19(13)26-3)21(20(24)18(16)23)11-12-7-6-10-27-12/h5-10,17,23H,4,11H2,1-3H3. The molecule has 1 aliphatic rings. The minimum atomic E-state index is -0.739. The molecule has 1 aromatic carbocycles. The molecule has 0 saturated heterocycles. The molecule has 0 aliphatic carbocycles. The van der Waals surface area contributed by atoms with Crippen molar-refractivity contribution in [2.45, 2.75) is 25.9 Å². The number of nitrogens with zero attached hydrogens (tertiary/aromatic N) is 1. The Bertz CT molecular complexity index is 888. The zero-order chi connectivity index (χ0) is 19.6. The van der Waals surface area contributed by atoms with Crippen LogP contribution in [0.25, 0.3) is 0 Å². The molecule has 0 spiro atoms. The number of aliphatic hydroxyl groups excluding tert-OH is 1. The second-order valence-corrected chi connectivity index (χ2v) is 7.07. The van der Waals surface area contributed by atoms with Crippen molar-refractivity contribution >= 4 is 23.0 Å². The number of carbonyl (C=O) groups is 2. The van der Waals surface area contributed by atoms with E-state index in [-0.39, 0.29) is 24.3 Å². The average molecular weight is 387 g/mol. The number of carbonyl (C=O) groups excluding carboxylic acids is 2. The lowest BCUT2D eigenvalue weighted by Crippen LogP contribution is -2.30. The number of hydrogen-bond acceptors (Lipinski definition) is 6. The predicted molar refractivity (Wildman–Crippen MR) is 102 cm³/mol. The SMILES string of the molecule is CCC(=O)C1=C(O)C(=O)N(Cc2cccs2)C1c1cccc(OC)c1OC. The van der Waals surface area contributed by atoms with Gasteiger partial charge >= 0.3 is 0 Å². The summed E-state index contributed by atoms with van der Waals surface area (Å²) >= 11 is 1.51. The molecule has 2 aromatic rings. The number of para-hydroxylation sites is 1. The highest BCUT2D eigenvalue weighted by Gasteiger charge is 2.44. The zero-order valence-corrected chi connectivity index (χ0v) is 16.2. The summed E-state index contributed by atoms with van der Waals surface area (Å²) in [5.74, 6) is -0.397. The Morgan fingerprint density at radius 2 is 2.00 bits per heavy atom. The smallest absolute Gasteiger partial charge is 0.290 e. The monoisotopic (exact) mass is 387 g/mol. The van der Waals surface area contributed by atoms with Crippen LogP contribution in [0.15, 0.2) is 47.0 Å². The molecular weight excluding hydrogens is 366 g/mol. The summed E-state index contributed by atoms with van der Waals surface area (Å²) in [6, 6.07) is 8.36. The molecule has 1 aromatic heterocycles. The van der Waals surface area contributed by atoms with Crippen molar-refractivity contribution in [3.8, 4) is 11.5 Å². The summed E-state index contributed by atoms with van der Waals surface area (Å²) in [7, 11) is 3.03. The molecular formula is C20H21NO5S. The highest BCUT2D eigenvalue weighted by molar-refractivity contribution is 7.09. The number of benzene rings is 1. The average Bonchev–Trinajstić information content (AvgIpc) is 3.29. The van der Waals surface area contributed by atoms with Crippen molar-refractivity contribution in [1.82, 2.24) is 4.90 Å². The van der Waals surface area contributed by atoms with Gasteiger partial charge in [0.15, 0.2) is 23.0 Å². The van der Waals surface area contributed by atoms with E-state index in [0.717, 1.165) is 4.88 Å². The third-order valence-electron chi connectivity index (χ3n) is 4.56. The summed E-state index contributed by atoms with van der Waals surface area (Å²) in [6.45, 7) is 1.99. The Morgan fingerprint density at radius 3 is 2.59 bits per heavy atom. The number of hydrogen-bond donors (Lipinski definition) is 1. The van der Waals surface area contributed by atoms with Crippen LogP contribution in [0.3, 0.4) is 0 Å². The Morgan fingerprint density at radius 1 is 1.22 bits per heavy atom. The van der Waals surface area contributed by atoms with Crippen molar-refractivity contribution in [1.29, 1.82) is 0 Å². The largest absolute Gasteiger partial charge is 0.503 e. The van der Waals surface area contributed by atoms with Gasteiger partial charge < -0.3 is 19.5 Å². The minimum absolute atomic E-state index is 0.102. The van der Waals surface area contributed by atoms with Gasteiger partial charge in [0.25, 0.3) is 5.91 Å². The van der Waals surface area contributed by atoms with Crippen molar-refractivity contribution in [3.63, 3.8) is 0 Å². The van der Waals surface area contributed by atoms with Crippen LogP contribution in [0.1, 0.15) is 29.8 Å². The zero-order valence-electron chi connectivity index (χ0n) is 15.4. The maximum absolute atomic E-state index is 12.8. The van der Waals surface area contributed by atoms with Crippen LogP contribution in [-0.4, -0.2) is 35.9 Å². The number of amides is 1. The van der Waals surface area contributed by atoms with E-state index in [1.165, 1.54) is 30.5 Å². The summed E-state index contributed by atoms with van der Waals surface area (Å²) in [5.41, 5.74) is 0.702. The summed E-state index contributed by atoms with van der Waals surface area (Å²) in [6.07, 6.45) is 0.183. The fourth-order valence-corrected chi connectivity index (χ4v) is 4.02. The van der Waals surface area contributed by atoms with Crippen LogP contribution in [0, 0.1) is 0 Å². The van der Waals surface area contributed by atoms with Crippen molar-refractivity contribution in [2.24, 2.45) is 0 Å². The van der Waals surface area contributed by atoms with Crippen LogP contribution in [0.4, 0.5) is 0 Å². The van der Waals surface area contributed by atoms with Crippen LogP contribution in [0.5, 0.6) is 11.5 Å². The molecule has 1 aliphatic heterocycles. The number of aliphatic hydroxyl groups is 1. The number of rotatable bonds is 7. The molecule has 6 nitrogen and oxygen atoms in total. The quantitative estimate of drug-likeness (QED) is 0.785. The van der Waals surface area contributed by atoms with Crippen LogP contribution in [0.2, 0.25) is 0 Å². The minimum Gasteiger partial charge on any atom is -0.503 e. The highest BCUT2D eigenvalue weighted by atomic mass is 32.1. The Balaban J connectivity index is 2.16. The number of thiophene rings is 1. The lowest BCUT2D eigenvalue weighted by atomic mass is 9.94. The number of methoxy groups -OCH3 is 2. The van der Waals surface area contributed by atoms with Crippen LogP contribution >= 0.6 is 11.3 Å². The maximum Gasteiger partial charge on any atom is 0.290 e. The number of Topliss-reactive ketones (excluding diaryl/α,β-unsaturated/α-hetero) is 1. The van der Waals surface area contributed by atoms with Gasteiger partial charge in [0.1, 0.15) is 0 Å². The molecule has 0 bridgehead atoms. The second-order valence-electron chi connectivity index (χ2n) is 6.04. The van der Waals surface area contributed by atoms with Crippen molar-refractivity contribution < 1.29 is 24.2 Å². The molecule has 0 radical (unpaired) electrons. The number of ether oxygens (including phenoxy) is 2. The van der Waals surface area contributed by atoms with Gasteiger partial charge in [-0.3, -0.25) is 9.59 Å². The molecule has 1 atom stereocenters. The molecule has 0 fully saturated rings. The van der Waals surface area contributed by atoms with Gasteiger partial charge in [-0.1, -0.05) is 25.1 Å². The molecule has 1 unspecified atom stereocenters. The first-order valence-corrected chi connectivity index (χ1v) is 9.42. The fraction of sp³-hybridized carbons (Fsp3) is 0.300. The molecule has 3 rings (SSSR count). The first kappa shape index (κ1) is 19.0. The molecule has 1 N–H and O–H groups in total. The molecule has 142 valence electrons. The van der Waals surface area contributed by atoms with E-state index >= 15 is 0 Å². The van der Waals surface area contributed by atoms with Gasteiger partial charge in [-0.05, 0) is 17.5 Å². The number of ketones is 1. The van der Waals surface area contributed by atoms with Gasteiger partial charge in [-0.2, -0.15) is 0 Å². The van der Waals surface area contributed by atoms with Gasteiger partial charge in [0, 0.05) is 16.9 Å². The molecule has 1 amide bonds. The second kappa shape index (κ2) is 7.84. The Labute approximate surface area is 161 Å². The Hall–Kier alpha value is -2.80. The first-order chi connectivity index (χ1) is 13.0. The van der Waals surface area contributed by atoms with Gasteiger partial charge in [-0.25, -0.2) is 0 Å². The van der Waals surface area contributed by atoms with E-state index in [4.69, 9.17) is 9.47 Å². The topological polar surface area (TPSA) is 76.1 Å². The first-order valence-electron chi connectivity index (χ1n) is 8.54. The summed E-state index contributed by atoms with van der Waals surface area (Å²) in [5, 5.41) is 12.4. The van der Waals surface area contributed by atoms with E-state index in [2.05, 4.69) is 0 Å². The molecule has 27 heavy (non-hydrogen) atoms. The van der Waals surface area contributed by atoms with E-state index in [9.17, 15) is 14.7 Å². The van der Waals surface area contributed by atoms with Gasteiger partial charge in [0.2, 0.25) is 0 Å². The predicted octanol–water partition coefficient (Wildman–Crippen LogP) is 3.64. The third-order valence-corrected chi connectivity index (χ3v) is 5.42.